The summed E-state index contributed by atoms with van der Waals surface area (Å²) >= 11 is 0. The second kappa shape index (κ2) is 12.4. The monoisotopic (exact) mass is 542 g/mol. The molecule has 2 aromatic heterocycles. The first kappa shape index (κ1) is 26.9. The number of ether oxygens (including phenoxy) is 2. The number of nitrogens with zero attached hydrogens (tertiary/aromatic N) is 8. The number of hydrogen-bond donors (Lipinski definition) is 2. The van der Waals surface area contributed by atoms with E-state index in [2.05, 4.69) is 86.4 Å². The SMILES string of the molecule is CCN(CC)c1nc2nc(n1)Oc1cccc(c1)Oc1nc(nc(N(CC)CC)n1)NCc1cccc(c1)CN2. The van der Waals surface area contributed by atoms with Gasteiger partial charge in [0.1, 0.15) is 11.5 Å². The zero-order valence-corrected chi connectivity index (χ0v) is 23.3. The third-order valence-electron chi connectivity index (χ3n) is 6.42. The Bertz CT molecular complexity index is 1340. The van der Waals surface area contributed by atoms with Crippen LogP contribution >= 0.6 is 0 Å². The van der Waals surface area contributed by atoms with E-state index >= 15 is 0 Å². The van der Waals surface area contributed by atoms with E-state index in [1.54, 1.807) is 6.07 Å². The van der Waals surface area contributed by atoms with E-state index in [1.807, 2.05) is 34.1 Å². The summed E-state index contributed by atoms with van der Waals surface area (Å²) in [6.45, 7) is 12.3. The number of fused-ring (bicyclic) bond motifs is 8. The molecule has 4 aromatic rings. The molecule has 3 heterocycles. The molecule has 2 aromatic carbocycles. The lowest BCUT2D eigenvalue weighted by Crippen LogP contribution is -2.25. The molecule has 0 unspecified atom stereocenters. The first-order valence-corrected chi connectivity index (χ1v) is 13.6. The number of hydrogen-bond acceptors (Lipinski definition) is 12. The van der Waals surface area contributed by atoms with Gasteiger partial charge in [0.15, 0.2) is 0 Å². The maximum atomic E-state index is 6.10. The van der Waals surface area contributed by atoms with Crippen LogP contribution in [-0.2, 0) is 13.1 Å². The summed E-state index contributed by atoms with van der Waals surface area (Å²) in [6, 6.07) is 15.8. The lowest BCUT2D eigenvalue weighted by Gasteiger charge is -2.20. The van der Waals surface area contributed by atoms with E-state index in [9.17, 15) is 0 Å². The Morgan fingerprint density at radius 1 is 0.600 bits per heavy atom. The fourth-order valence-corrected chi connectivity index (χ4v) is 4.26. The van der Waals surface area contributed by atoms with Crippen molar-refractivity contribution in [1.29, 1.82) is 0 Å². The third-order valence-corrected chi connectivity index (χ3v) is 6.42. The van der Waals surface area contributed by atoms with Gasteiger partial charge in [0.05, 0.1) is 0 Å². The second-order valence-corrected chi connectivity index (χ2v) is 9.03. The van der Waals surface area contributed by atoms with Crippen LogP contribution in [0, 0.1) is 0 Å². The van der Waals surface area contributed by atoms with Crippen LogP contribution in [0.2, 0.25) is 0 Å². The van der Waals surface area contributed by atoms with Crippen molar-refractivity contribution in [2.24, 2.45) is 0 Å². The summed E-state index contributed by atoms with van der Waals surface area (Å²) in [4.78, 5) is 31.6. The predicted octanol–water partition coefficient (Wildman–Crippen LogP) is 4.87. The van der Waals surface area contributed by atoms with Gasteiger partial charge in [-0.15, -0.1) is 0 Å². The quantitative estimate of drug-likeness (QED) is 0.345. The summed E-state index contributed by atoms with van der Waals surface area (Å²) in [6.07, 6.45) is 0. The maximum Gasteiger partial charge on any atom is 0.328 e. The molecule has 0 fully saturated rings. The molecular formula is C28H34N10O2. The molecule has 40 heavy (non-hydrogen) atoms. The average Bonchev–Trinajstić information content (AvgIpc) is 2.96. The van der Waals surface area contributed by atoms with Crippen LogP contribution in [0.3, 0.4) is 0 Å². The van der Waals surface area contributed by atoms with Gasteiger partial charge in [0, 0.05) is 45.3 Å². The molecule has 2 N–H and O–H groups in total. The van der Waals surface area contributed by atoms with Crippen LogP contribution in [-0.4, -0.2) is 56.1 Å². The van der Waals surface area contributed by atoms with E-state index in [1.165, 1.54) is 0 Å². The van der Waals surface area contributed by atoms with Gasteiger partial charge in [-0.2, -0.15) is 29.9 Å². The molecule has 208 valence electrons. The van der Waals surface area contributed by atoms with Gasteiger partial charge in [-0.1, -0.05) is 30.3 Å². The molecule has 0 spiro atoms. The standard InChI is InChI=1S/C28H34N10O2/c1-5-37(6-2)25-31-23-29-17-19-11-9-12-20(15-19)18-30-24-32-26(38(7-3)8-4)36-28(34-24)40-22-14-10-13-21(16-22)39-27(33-23)35-25/h9-16H,5-8,17-18H2,1-4H3,(H,29,31,33,35)(H,30,32,34,36). The molecule has 0 aliphatic carbocycles. The minimum absolute atomic E-state index is 0.182. The Morgan fingerprint density at radius 2 is 1.05 bits per heavy atom. The molecule has 5 rings (SSSR count). The van der Waals surface area contributed by atoms with Crippen LogP contribution < -0.4 is 29.9 Å². The van der Waals surface area contributed by atoms with Gasteiger partial charge < -0.3 is 29.9 Å². The van der Waals surface area contributed by atoms with Crippen molar-refractivity contribution >= 4 is 23.8 Å². The zero-order valence-electron chi connectivity index (χ0n) is 23.3. The summed E-state index contributed by atoms with van der Waals surface area (Å²) in [5.74, 6) is 2.95. The summed E-state index contributed by atoms with van der Waals surface area (Å²) in [5.41, 5.74) is 2.15. The van der Waals surface area contributed by atoms with Crippen LogP contribution in [0.5, 0.6) is 23.5 Å². The Kier molecular flexibility index (Phi) is 8.33. The molecule has 0 radical (unpaired) electrons. The molecular weight excluding hydrogens is 508 g/mol. The highest BCUT2D eigenvalue weighted by Gasteiger charge is 2.16. The van der Waals surface area contributed by atoms with Crippen molar-refractivity contribution in [2.45, 2.75) is 40.8 Å². The molecule has 12 heteroatoms. The van der Waals surface area contributed by atoms with E-state index in [0.717, 1.165) is 37.3 Å². The lowest BCUT2D eigenvalue weighted by atomic mass is 10.1. The van der Waals surface area contributed by atoms with Gasteiger partial charge in [-0.3, -0.25) is 0 Å². The maximum absolute atomic E-state index is 6.10. The first-order valence-electron chi connectivity index (χ1n) is 13.6. The van der Waals surface area contributed by atoms with Crippen LogP contribution in [0.25, 0.3) is 0 Å². The number of benzene rings is 2. The van der Waals surface area contributed by atoms with Gasteiger partial charge >= 0.3 is 12.0 Å². The fourth-order valence-electron chi connectivity index (χ4n) is 4.26. The zero-order chi connectivity index (χ0) is 27.9. The highest BCUT2D eigenvalue weighted by atomic mass is 16.5. The molecule has 0 saturated heterocycles. The van der Waals surface area contributed by atoms with E-state index in [0.29, 0.717) is 48.4 Å². The van der Waals surface area contributed by atoms with Crippen LogP contribution in [0.4, 0.5) is 23.8 Å². The molecule has 0 amide bonds. The van der Waals surface area contributed by atoms with Gasteiger partial charge in [0.25, 0.3) is 0 Å². The van der Waals surface area contributed by atoms with E-state index in [-0.39, 0.29) is 12.0 Å². The summed E-state index contributed by atoms with van der Waals surface area (Å²) in [5, 5.41) is 6.67. The van der Waals surface area contributed by atoms with Crippen molar-refractivity contribution in [3.05, 3.63) is 59.7 Å². The number of rotatable bonds is 6. The van der Waals surface area contributed by atoms with Crippen molar-refractivity contribution in [3.8, 4) is 23.5 Å². The largest absolute Gasteiger partial charge is 0.424 e. The van der Waals surface area contributed by atoms with Gasteiger partial charge in [-0.25, -0.2) is 0 Å². The van der Waals surface area contributed by atoms with Crippen LogP contribution in [0.1, 0.15) is 38.8 Å². The lowest BCUT2D eigenvalue weighted by molar-refractivity contribution is 0.420. The summed E-state index contributed by atoms with van der Waals surface area (Å²) < 4.78 is 12.2. The first-order chi connectivity index (χ1) is 19.6. The number of aromatic nitrogens is 6. The average molecular weight is 543 g/mol. The van der Waals surface area contributed by atoms with Crippen molar-refractivity contribution in [2.75, 3.05) is 46.6 Å². The van der Waals surface area contributed by atoms with Crippen LogP contribution in [0.15, 0.2) is 48.5 Å². The normalized spacial score (nSPS) is 12.5. The van der Waals surface area contributed by atoms with E-state index < -0.39 is 0 Å². The molecule has 0 atom stereocenters. The highest BCUT2D eigenvalue weighted by molar-refractivity contribution is 5.43. The minimum Gasteiger partial charge on any atom is -0.424 e. The molecule has 1 aliphatic rings. The Balaban J connectivity index is 1.56. The van der Waals surface area contributed by atoms with Crippen molar-refractivity contribution < 1.29 is 9.47 Å². The smallest absolute Gasteiger partial charge is 0.328 e. The van der Waals surface area contributed by atoms with Crippen molar-refractivity contribution in [1.82, 2.24) is 29.9 Å². The molecule has 1 aliphatic heterocycles. The van der Waals surface area contributed by atoms with Gasteiger partial charge in [0.2, 0.25) is 23.8 Å². The minimum atomic E-state index is 0.182. The Hall–Kier alpha value is -4.74. The molecule has 8 bridgehead atoms. The summed E-state index contributed by atoms with van der Waals surface area (Å²) in [7, 11) is 0. The molecule has 0 saturated carbocycles. The second-order valence-electron chi connectivity index (χ2n) is 9.03. The van der Waals surface area contributed by atoms with E-state index in [4.69, 9.17) is 9.47 Å². The van der Waals surface area contributed by atoms with Crippen molar-refractivity contribution in [3.63, 3.8) is 0 Å². The topological polar surface area (TPSA) is 126 Å². The Morgan fingerprint density at radius 3 is 1.50 bits per heavy atom. The third kappa shape index (κ3) is 6.45. The fraction of sp³-hybridized carbons (Fsp3) is 0.357. The predicted molar refractivity (Wildman–Crippen MR) is 154 cm³/mol. The number of nitrogens with one attached hydrogen (secondary N) is 2. The highest BCUT2D eigenvalue weighted by Crippen LogP contribution is 2.28. The van der Waals surface area contributed by atoms with Gasteiger partial charge in [-0.05, 0) is 51.0 Å². The molecule has 12 nitrogen and oxygen atoms in total. The number of anilines is 4. The Labute approximate surface area is 233 Å².